The second-order valence-corrected chi connectivity index (χ2v) is 4.13. The molecule has 0 atom stereocenters. The zero-order valence-electron chi connectivity index (χ0n) is 11.4. The van der Waals surface area contributed by atoms with Crippen molar-refractivity contribution >= 4 is 11.8 Å². The van der Waals surface area contributed by atoms with Crippen molar-refractivity contribution in [3.8, 4) is 22.6 Å². The molecule has 7 nitrogen and oxygen atoms in total. The summed E-state index contributed by atoms with van der Waals surface area (Å²) in [5.74, 6) is 0.0883. The van der Waals surface area contributed by atoms with Gasteiger partial charge in [-0.1, -0.05) is 0 Å². The Bertz CT molecular complexity index is 664. The summed E-state index contributed by atoms with van der Waals surface area (Å²) in [7, 11) is 4.62. The number of nitrogen functional groups attached to an aromatic ring is 1. The number of carbonyl (C=O) groups is 1. The van der Waals surface area contributed by atoms with E-state index in [1.54, 1.807) is 13.2 Å². The van der Waals surface area contributed by atoms with Gasteiger partial charge in [0.05, 0.1) is 26.0 Å². The van der Waals surface area contributed by atoms with Gasteiger partial charge in [0, 0.05) is 18.2 Å². The van der Waals surface area contributed by atoms with Crippen LogP contribution in [0.3, 0.4) is 0 Å². The molecular formula is C13H15N3O4. The molecule has 0 spiro atoms. The van der Waals surface area contributed by atoms with E-state index in [2.05, 4.69) is 5.10 Å². The molecule has 0 unspecified atom stereocenters. The second-order valence-electron chi connectivity index (χ2n) is 4.13. The molecule has 0 bridgehead atoms. The van der Waals surface area contributed by atoms with Gasteiger partial charge in [-0.15, -0.1) is 0 Å². The number of aromatic carboxylic acids is 1. The molecule has 0 aliphatic heterocycles. The third-order valence-corrected chi connectivity index (χ3v) is 3.00. The first kappa shape index (κ1) is 13.7. The Morgan fingerprint density at radius 3 is 2.45 bits per heavy atom. The number of ether oxygens (including phenoxy) is 2. The first-order chi connectivity index (χ1) is 9.49. The van der Waals surface area contributed by atoms with Gasteiger partial charge in [-0.3, -0.25) is 4.68 Å². The number of nitrogens with zero attached hydrogens (tertiary/aromatic N) is 2. The van der Waals surface area contributed by atoms with Crippen LogP contribution in [-0.2, 0) is 7.05 Å². The minimum absolute atomic E-state index is 0.0842. The van der Waals surface area contributed by atoms with Crippen molar-refractivity contribution in [3.05, 3.63) is 23.9 Å². The normalized spacial score (nSPS) is 10.3. The summed E-state index contributed by atoms with van der Waals surface area (Å²) in [6.07, 6.45) is 1.55. The van der Waals surface area contributed by atoms with Crippen LogP contribution in [-0.4, -0.2) is 35.1 Å². The van der Waals surface area contributed by atoms with E-state index in [-0.39, 0.29) is 5.56 Å². The number of benzene rings is 1. The van der Waals surface area contributed by atoms with E-state index in [4.69, 9.17) is 20.3 Å². The van der Waals surface area contributed by atoms with Crippen LogP contribution < -0.4 is 15.2 Å². The van der Waals surface area contributed by atoms with E-state index < -0.39 is 5.97 Å². The molecular weight excluding hydrogens is 262 g/mol. The number of nitrogens with two attached hydrogens (primary N) is 1. The lowest BCUT2D eigenvalue weighted by atomic mass is 10.0. The van der Waals surface area contributed by atoms with Crippen molar-refractivity contribution in [3.63, 3.8) is 0 Å². The summed E-state index contributed by atoms with van der Waals surface area (Å²) in [4.78, 5) is 11.2. The van der Waals surface area contributed by atoms with Gasteiger partial charge in [0.2, 0.25) is 0 Å². The lowest BCUT2D eigenvalue weighted by Gasteiger charge is -2.13. The molecule has 1 aromatic carbocycles. The lowest BCUT2D eigenvalue weighted by molar-refractivity contribution is 0.0696. The third-order valence-electron chi connectivity index (χ3n) is 3.00. The fourth-order valence-corrected chi connectivity index (χ4v) is 1.94. The summed E-state index contributed by atoms with van der Waals surface area (Å²) in [6.45, 7) is 0. The minimum atomic E-state index is -1.06. The molecule has 0 radical (unpaired) electrons. The zero-order valence-corrected chi connectivity index (χ0v) is 11.4. The van der Waals surface area contributed by atoms with E-state index in [1.165, 1.54) is 31.0 Å². The van der Waals surface area contributed by atoms with Crippen LogP contribution in [0.4, 0.5) is 5.82 Å². The second kappa shape index (κ2) is 5.12. The molecule has 0 saturated heterocycles. The van der Waals surface area contributed by atoms with Crippen molar-refractivity contribution in [2.24, 2.45) is 7.05 Å². The zero-order chi connectivity index (χ0) is 14.9. The number of rotatable bonds is 4. The van der Waals surface area contributed by atoms with Crippen molar-refractivity contribution < 1.29 is 19.4 Å². The maximum atomic E-state index is 11.2. The number of anilines is 1. The highest BCUT2D eigenvalue weighted by atomic mass is 16.5. The molecule has 20 heavy (non-hydrogen) atoms. The molecule has 106 valence electrons. The van der Waals surface area contributed by atoms with Gasteiger partial charge in [-0.05, 0) is 12.1 Å². The number of hydrogen-bond acceptors (Lipinski definition) is 5. The number of methoxy groups -OCH3 is 2. The topological polar surface area (TPSA) is 99.6 Å². The van der Waals surface area contributed by atoms with E-state index in [0.717, 1.165) is 0 Å². The highest BCUT2D eigenvalue weighted by Crippen LogP contribution is 2.41. The Balaban J connectivity index is 2.75. The number of aromatic nitrogens is 2. The summed E-state index contributed by atoms with van der Waals surface area (Å²) in [6, 6.07) is 2.88. The van der Waals surface area contributed by atoms with Crippen LogP contribution in [0, 0.1) is 0 Å². The predicted molar refractivity (Wildman–Crippen MR) is 73.1 cm³/mol. The number of carboxylic acid groups (broad SMARTS) is 1. The van der Waals surface area contributed by atoms with E-state index >= 15 is 0 Å². The molecule has 0 saturated carbocycles. The van der Waals surface area contributed by atoms with Crippen molar-refractivity contribution in [1.82, 2.24) is 9.78 Å². The molecule has 2 rings (SSSR count). The van der Waals surface area contributed by atoms with Gasteiger partial charge in [0.25, 0.3) is 0 Å². The van der Waals surface area contributed by atoms with Crippen LogP contribution >= 0.6 is 0 Å². The Morgan fingerprint density at radius 2 is 2.00 bits per heavy atom. The van der Waals surface area contributed by atoms with Crippen LogP contribution in [0.2, 0.25) is 0 Å². The molecule has 0 aliphatic rings. The van der Waals surface area contributed by atoms with Gasteiger partial charge >= 0.3 is 5.97 Å². The van der Waals surface area contributed by atoms with Crippen LogP contribution in [0.1, 0.15) is 10.4 Å². The fourth-order valence-electron chi connectivity index (χ4n) is 1.94. The van der Waals surface area contributed by atoms with Gasteiger partial charge in [0.15, 0.2) is 11.5 Å². The SMILES string of the molecule is COc1cc(C(=O)O)cc(-c2cnn(C)c2N)c1OC. The summed E-state index contributed by atoms with van der Waals surface area (Å²) in [5.41, 5.74) is 7.13. The van der Waals surface area contributed by atoms with Gasteiger partial charge in [-0.25, -0.2) is 4.79 Å². The Labute approximate surface area is 115 Å². The number of hydrogen-bond donors (Lipinski definition) is 2. The average molecular weight is 277 g/mol. The lowest BCUT2D eigenvalue weighted by Crippen LogP contribution is -2.02. The van der Waals surface area contributed by atoms with E-state index in [0.29, 0.717) is 28.4 Å². The third kappa shape index (κ3) is 2.13. The molecule has 3 N–H and O–H groups in total. The maximum Gasteiger partial charge on any atom is 0.335 e. The highest BCUT2D eigenvalue weighted by Gasteiger charge is 2.20. The van der Waals surface area contributed by atoms with Crippen molar-refractivity contribution in [2.45, 2.75) is 0 Å². The molecule has 0 fully saturated rings. The largest absolute Gasteiger partial charge is 0.493 e. The standard InChI is InChI=1S/C13H15N3O4/c1-16-12(14)9(6-15-16)8-4-7(13(17)18)5-10(19-2)11(8)20-3/h4-6H,14H2,1-3H3,(H,17,18). The maximum absolute atomic E-state index is 11.2. The molecule has 7 heteroatoms. The van der Waals surface area contributed by atoms with Crippen molar-refractivity contribution in [1.29, 1.82) is 0 Å². The van der Waals surface area contributed by atoms with E-state index in [9.17, 15) is 4.79 Å². The Morgan fingerprint density at radius 1 is 1.30 bits per heavy atom. The molecule has 1 heterocycles. The van der Waals surface area contributed by atoms with Crippen molar-refractivity contribution in [2.75, 3.05) is 20.0 Å². The highest BCUT2D eigenvalue weighted by molar-refractivity contribution is 5.93. The fraction of sp³-hybridized carbons (Fsp3) is 0.231. The molecule has 2 aromatic rings. The number of aryl methyl sites for hydroxylation is 1. The average Bonchev–Trinajstić information content (AvgIpc) is 2.77. The van der Waals surface area contributed by atoms with Crippen LogP contribution in [0.25, 0.3) is 11.1 Å². The van der Waals surface area contributed by atoms with E-state index in [1.807, 2.05) is 0 Å². The molecule has 1 aromatic heterocycles. The summed E-state index contributed by atoms with van der Waals surface area (Å²) >= 11 is 0. The number of carboxylic acids is 1. The van der Waals surface area contributed by atoms with Crippen LogP contribution in [0.15, 0.2) is 18.3 Å². The predicted octanol–water partition coefficient (Wildman–Crippen LogP) is 1.38. The first-order valence-electron chi connectivity index (χ1n) is 5.76. The first-order valence-corrected chi connectivity index (χ1v) is 5.76. The molecule has 0 amide bonds. The minimum Gasteiger partial charge on any atom is -0.493 e. The summed E-state index contributed by atoms with van der Waals surface area (Å²) in [5, 5.41) is 13.2. The van der Waals surface area contributed by atoms with Gasteiger partial charge in [-0.2, -0.15) is 5.10 Å². The van der Waals surface area contributed by atoms with Gasteiger partial charge < -0.3 is 20.3 Å². The molecule has 0 aliphatic carbocycles. The Hall–Kier alpha value is -2.70. The monoisotopic (exact) mass is 277 g/mol. The Kier molecular flexibility index (Phi) is 3.51. The van der Waals surface area contributed by atoms with Crippen LogP contribution in [0.5, 0.6) is 11.5 Å². The summed E-state index contributed by atoms with van der Waals surface area (Å²) < 4.78 is 12.0. The quantitative estimate of drug-likeness (QED) is 0.876. The van der Waals surface area contributed by atoms with Gasteiger partial charge in [0.1, 0.15) is 5.82 Å². The smallest absolute Gasteiger partial charge is 0.335 e.